The van der Waals surface area contributed by atoms with Crippen LogP contribution in [0.2, 0.25) is 0 Å². The number of nitrogens with one attached hydrogen (secondary N) is 1. The summed E-state index contributed by atoms with van der Waals surface area (Å²) in [5.41, 5.74) is 0. The Morgan fingerprint density at radius 3 is 2.81 bits per heavy atom. The fraction of sp³-hybridized carbons (Fsp3) is 0.692. The van der Waals surface area contributed by atoms with Gasteiger partial charge in [-0.15, -0.1) is 0 Å². The Kier molecular flexibility index (Phi) is 4.14. The molecule has 1 N–H and O–H groups in total. The second-order valence-corrected chi connectivity index (χ2v) is 4.65. The summed E-state index contributed by atoms with van der Waals surface area (Å²) in [5.74, 6) is 1.79. The average molecular weight is 219 g/mol. The normalized spacial score (nSPS) is 19.3. The van der Waals surface area contributed by atoms with Gasteiger partial charge in [-0.05, 0) is 31.2 Å². The number of hydrogen-bond donors (Lipinski definition) is 1. The Bertz CT molecular complexity index is 293. The fourth-order valence-electron chi connectivity index (χ4n) is 2.66. The topological polar surface area (TPSA) is 37.8 Å². The van der Waals surface area contributed by atoms with E-state index in [1.807, 2.05) is 6.07 Å². The first-order valence-electron chi connectivity index (χ1n) is 6.42. The lowest BCUT2D eigenvalue weighted by atomic mass is 9.83. The van der Waals surface area contributed by atoms with Crippen LogP contribution in [0.5, 0.6) is 0 Å². The van der Waals surface area contributed by atoms with Crippen molar-refractivity contribution < 1.29 is 0 Å². The van der Waals surface area contributed by atoms with Crippen molar-refractivity contribution in [3.63, 3.8) is 0 Å². The van der Waals surface area contributed by atoms with Crippen LogP contribution in [-0.4, -0.2) is 16.0 Å². The van der Waals surface area contributed by atoms with E-state index in [9.17, 15) is 0 Å². The SMILES string of the molecule is CCC(Nc1ccncn1)C1CCCCC1. The standard InChI is InChI=1S/C13H21N3/c1-2-12(11-6-4-3-5-7-11)16-13-8-9-14-10-15-13/h8-12H,2-7H2,1H3,(H,14,15,16). The summed E-state index contributed by atoms with van der Waals surface area (Å²) in [4.78, 5) is 8.18. The molecule has 1 aromatic heterocycles. The van der Waals surface area contributed by atoms with Crippen LogP contribution in [0, 0.1) is 5.92 Å². The maximum atomic E-state index is 4.24. The number of hydrogen-bond acceptors (Lipinski definition) is 3. The number of rotatable bonds is 4. The van der Waals surface area contributed by atoms with Crippen molar-refractivity contribution in [2.75, 3.05) is 5.32 Å². The number of aromatic nitrogens is 2. The van der Waals surface area contributed by atoms with E-state index >= 15 is 0 Å². The average Bonchev–Trinajstić information content (AvgIpc) is 2.38. The smallest absolute Gasteiger partial charge is 0.129 e. The number of anilines is 1. The first-order chi connectivity index (χ1) is 7.90. The monoisotopic (exact) mass is 219 g/mol. The lowest BCUT2D eigenvalue weighted by molar-refractivity contribution is 0.312. The van der Waals surface area contributed by atoms with E-state index in [4.69, 9.17) is 0 Å². The second kappa shape index (κ2) is 5.83. The summed E-state index contributed by atoms with van der Waals surface area (Å²) in [6.45, 7) is 2.26. The van der Waals surface area contributed by atoms with Crippen LogP contribution in [0.25, 0.3) is 0 Å². The van der Waals surface area contributed by atoms with Gasteiger partial charge < -0.3 is 5.32 Å². The van der Waals surface area contributed by atoms with Gasteiger partial charge in [0.15, 0.2) is 0 Å². The Labute approximate surface area is 97.7 Å². The van der Waals surface area contributed by atoms with Gasteiger partial charge in [-0.3, -0.25) is 0 Å². The molecule has 88 valence electrons. The molecule has 0 saturated heterocycles. The van der Waals surface area contributed by atoms with Crippen molar-refractivity contribution in [2.24, 2.45) is 5.92 Å². The van der Waals surface area contributed by atoms with Crippen LogP contribution >= 0.6 is 0 Å². The van der Waals surface area contributed by atoms with E-state index < -0.39 is 0 Å². The van der Waals surface area contributed by atoms with E-state index in [0.29, 0.717) is 6.04 Å². The van der Waals surface area contributed by atoms with Crippen LogP contribution in [0.15, 0.2) is 18.6 Å². The van der Waals surface area contributed by atoms with Crippen molar-refractivity contribution in [1.82, 2.24) is 9.97 Å². The van der Waals surface area contributed by atoms with Crippen molar-refractivity contribution in [3.8, 4) is 0 Å². The third-order valence-corrected chi connectivity index (χ3v) is 3.57. The van der Waals surface area contributed by atoms with Gasteiger partial charge in [0.1, 0.15) is 12.1 Å². The van der Waals surface area contributed by atoms with Gasteiger partial charge in [-0.1, -0.05) is 26.2 Å². The highest BCUT2D eigenvalue weighted by atomic mass is 15.0. The van der Waals surface area contributed by atoms with Crippen LogP contribution in [0.3, 0.4) is 0 Å². The van der Waals surface area contributed by atoms with Gasteiger partial charge >= 0.3 is 0 Å². The molecule has 0 aromatic carbocycles. The summed E-state index contributed by atoms with van der Waals surface area (Å²) in [6.07, 6.45) is 11.5. The van der Waals surface area contributed by atoms with Crippen molar-refractivity contribution in [1.29, 1.82) is 0 Å². The molecule has 1 aliphatic carbocycles. The maximum Gasteiger partial charge on any atom is 0.129 e. The fourth-order valence-corrected chi connectivity index (χ4v) is 2.66. The van der Waals surface area contributed by atoms with E-state index in [0.717, 1.165) is 11.7 Å². The molecule has 1 saturated carbocycles. The lowest BCUT2D eigenvalue weighted by Crippen LogP contribution is -2.30. The third kappa shape index (κ3) is 2.94. The summed E-state index contributed by atoms with van der Waals surface area (Å²) in [5, 5.41) is 3.55. The first kappa shape index (κ1) is 11.4. The highest BCUT2D eigenvalue weighted by Gasteiger charge is 2.22. The lowest BCUT2D eigenvalue weighted by Gasteiger charge is -2.30. The molecule has 1 aromatic rings. The molecular formula is C13H21N3. The molecular weight excluding hydrogens is 198 g/mol. The van der Waals surface area contributed by atoms with Gasteiger partial charge in [0.2, 0.25) is 0 Å². The molecule has 0 spiro atoms. The van der Waals surface area contributed by atoms with Gasteiger partial charge in [0, 0.05) is 12.2 Å². The van der Waals surface area contributed by atoms with Crippen LogP contribution < -0.4 is 5.32 Å². The maximum absolute atomic E-state index is 4.24. The Hall–Kier alpha value is -1.12. The van der Waals surface area contributed by atoms with E-state index in [-0.39, 0.29) is 0 Å². The minimum atomic E-state index is 0.579. The summed E-state index contributed by atoms with van der Waals surface area (Å²) >= 11 is 0. The van der Waals surface area contributed by atoms with Crippen LogP contribution in [0.1, 0.15) is 45.4 Å². The minimum absolute atomic E-state index is 0.579. The molecule has 1 atom stereocenters. The van der Waals surface area contributed by atoms with E-state index in [2.05, 4.69) is 22.2 Å². The van der Waals surface area contributed by atoms with Crippen molar-refractivity contribution in [3.05, 3.63) is 18.6 Å². The van der Waals surface area contributed by atoms with Gasteiger partial charge in [-0.25, -0.2) is 9.97 Å². The zero-order valence-electron chi connectivity index (χ0n) is 10.0. The zero-order chi connectivity index (χ0) is 11.2. The molecule has 0 radical (unpaired) electrons. The molecule has 16 heavy (non-hydrogen) atoms. The summed E-state index contributed by atoms with van der Waals surface area (Å²) in [7, 11) is 0. The molecule has 1 unspecified atom stereocenters. The predicted molar refractivity (Wildman–Crippen MR) is 66.3 cm³/mol. The van der Waals surface area contributed by atoms with Gasteiger partial charge in [0.25, 0.3) is 0 Å². The van der Waals surface area contributed by atoms with E-state index in [1.165, 1.54) is 38.5 Å². The summed E-state index contributed by atoms with van der Waals surface area (Å²) < 4.78 is 0. The molecule has 1 aliphatic rings. The highest BCUT2D eigenvalue weighted by molar-refractivity contribution is 5.33. The second-order valence-electron chi connectivity index (χ2n) is 4.65. The molecule has 1 fully saturated rings. The quantitative estimate of drug-likeness (QED) is 0.844. The Morgan fingerprint density at radius 1 is 1.38 bits per heavy atom. The van der Waals surface area contributed by atoms with Gasteiger partial charge in [0.05, 0.1) is 0 Å². The number of nitrogens with zero attached hydrogens (tertiary/aromatic N) is 2. The Morgan fingerprint density at radius 2 is 2.19 bits per heavy atom. The zero-order valence-corrected chi connectivity index (χ0v) is 10.0. The van der Waals surface area contributed by atoms with Crippen molar-refractivity contribution in [2.45, 2.75) is 51.5 Å². The molecule has 3 nitrogen and oxygen atoms in total. The van der Waals surface area contributed by atoms with E-state index in [1.54, 1.807) is 12.5 Å². The molecule has 0 aliphatic heterocycles. The summed E-state index contributed by atoms with van der Waals surface area (Å²) in [6, 6.07) is 2.53. The van der Waals surface area contributed by atoms with Crippen LogP contribution in [-0.2, 0) is 0 Å². The minimum Gasteiger partial charge on any atom is -0.367 e. The third-order valence-electron chi connectivity index (χ3n) is 3.57. The predicted octanol–water partition coefficient (Wildman–Crippen LogP) is 3.25. The Balaban J connectivity index is 1.94. The molecule has 0 amide bonds. The molecule has 0 bridgehead atoms. The first-order valence-corrected chi connectivity index (χ1v) is 6.42. The molecule has 2 rings (SSSR count). The largest absolute Gasteiger partial charge is 0.367 e. The molecule has 1 heterocycles. The van der Waals surface area contributed by atoms with Crippen LogP contribution in [0.4, 0.5) is 5.82 Å². The highest BCUT2D eigenvalue weighted by Crippen LogP contribution is 2.29. The van der Waals surface area contributed by atoms with Gasteiger partial charge in [-0.2, -0.15) is 0 Å². The molecule has 3 heteroatoms. The van der Waals surface area contributed by atoms with Crippen molar-refractivity contribution >= 4 is 5.82 Å².